The monoisotopic (exact) mass is 676 g/mol. The van der Waals surface area contributed by atoms with Gasteiger partial charge < -0.3 is 4.90 Å². The van der Waals surface area contributed by atoms with Crippen molar-refractivity contribution in [3.63, 3.8) is 0 Å². The number of alkyl halides is 3. The lowest BCUT2D eigenvalue weighted by Gasteiger charge is -2.42. The Morgan fingerprint density at radius 1 is 1.02 bits per heavy atom. The number of aliphatic imine (C=N–C) groups is 1. The van der Waals surface area contributed by atoms with Crippen LogP contribution in [0.2, 0.25) is 0 Å². The highest BCUT2D eigenvalue weighted by Gasteiger charge is 2.56. The highest BCUT2D eigenvalue weighted by molar-refractivity contribution is 7.88. The van der Waals surface area contributed by atoms with Gasteiger partial charge in [-0.05, 0) is 69.2 Å². The van der Waals surface area contributed by atoms with Gasteiger partial charge in [0.15, 0.2) is 5.70 Å². The number of sulfonamides is 1. The number of piperidine rings is 2. The van der Waals surface area contributed by atoms with E-state index in [2.05, 4.69) is 14.8 Å². The van der Waals surface area contributed by atoms with Crippen molar-refractivity contribution in [2.45, 2.75) is 76.6 Å². The van der Waals surface area contributed by atoms with Crippen LogP contribution in [-0.2, 0) is 19.7 Å². The topological polar surface area (TPSA) is 82.5 Å². The maximum atomic E-state index is 14.3. The largest absolute Gasteiger partial charge is 0.497 e. The van der Waals surface area contributed by atoms with Crippen LogP contribution in [0.4, 0.5) is 22.0 Å². The molecule has 2 atom stereocenters. The lowest BCUT2D eigenvalue weighted by Crippen LogP contribution is -2.59. The van der Waals surface area contributed by atoms with Crippen LogP contribution >= 0.6 is 0 Å². The van der Waals surface area contributed by atoms with E-state index in [4.69, 9.17) is 4.84 Å². The number of nitrogens with zero attached hydrogens (tertiary/aromatic N) is 5. The third kappa shape index (κ3) is 7.64. The molecule has 4 heterocycles. The molecule has 2 fully saturated rings. The highest BCUT2D eigenvalue weighted by atomic mass is 32.2. The highest BCUT2D eigenvalue weighted by Crippen LogP contribution is 2.41. The van der Waals surface area contributed by atoms with Crippen LogP contribution in [-0.4, -0.2) is 110 Å². The van der Waals surface area contributed by atoms with E-state index in [0.717, 1.165) is 6.07 Å². The Bertz CT molecular complexity index is 1430. The van der Waals surface area contributed by atoms with Crippen LogP contribution in [0.25, 0.3) is 0 Å². The summed E-state index contributed by atoms with van der Waals surface area (Å²) < 4.78 is 93.8. The van der Waals surface area contributed by atoms with Gasteiger partial charge in [0.05, 0.1) is 6.26 Å². The fourth-order valence-corrected chi connectivity index (χ4v) is 8.37. The van der Waals surface area contributed by atoms with E-state index in [1.165, 1.54) is 29.0 Å². The second-order valence-electron chi connectivity index (χ2n) is 13.2. The fraction of sp³-hybridized carbons (Fsp3) is 0.677. The summed E-state index contributed by atoms with van der Waals surface area (Å²) >= 11 is 0. The number of halogens is 5. The van der Waals surface area contributed by atoms with Crippen LogP contribution in [0.1, 0.15) is 63.9 Å². The number of likely N-dealkylation sites (tertiary alicyclic amines) is 1. The standard InChI is InChI=1S/C31H43F5N5O4S/c1-21(2)39-13-9-29-28(19-39)37-20-41(29,45-30(42)31(34,35)36)26-6-10-38(11-7-26)12-8-27(23-16-24(32)18-25(33)17-23)22-4-14-40(15-5-22)46(3,43)44/h16-18,20-22,26-27H,4-15,19H2,1-3H3/q+1/t27-,41?/m1/s1. The SMILES string of the molecule is CC(C)N1CCC2=C(C1)N=C[N+]2(OC(=O)C(F)(F)F)C1CCN(CC[C@@H](c2cc(F)cc(F)c2)C2CCN(S(C)(=O)=O)CC2)CC1. The molecule has 1 aromatic rings. The molecule has 0 spiro atoms. The quantitative estimate of drug-likeness (QED) is 0.277. The Hall–Kier alpha value is -2.46. The molecule has 9 nitrogen and oxygen atoms in total. The van der Waals surface area contributed by atoms with Gasteiger partial charge in [-0.25, -0.2) is 26.3 Å². The Morgan fingerprint density at radius 3 is 2.22 bits per heavy atom. The third-order valence-corrected chi connectivity index (χ3v) is 11.3. The summed E-state index contributed by atoms with van der Waals surface area (Å²) in [6.45, 7) is 7.49. The molecule has 0 N–H and O–H groups in total. The molecular formula is C31H43F5N5O4S+. The van der Waals surface area contributed by atoms with E-state index in [1.54, 1.807) is 0 Å². The van der Waals surface area contributed by atoms with Crippen LogP contribution < -0.4 is 0 Å². The summed E-state index contributed by atoms with van der Waals surface area (Å²) in [5.74, 6) is -3.77. The Balaban J connectivity index is 1.29. The normalized spacial score (nSPS) is 25.3. The second-order valence-corrected chi connectivity index (χ2v) is 15.2. The molecule has 4 aliphatic rings. The zero-order valence-corrected chi connectivity index (χ0v) is 27.3. The minimum absolute atomic E-state index is 0.0234. The minimum Gasteiger partial charge on any atom is -0.303 e. The maximum Gasteiger partial charge on any atom is 0.497 e. The molecule has 256 valence electrons. The average Bonchev–Trinajstić information content (AvgIpc) is 3.35. The van der Waals surface area contributed by atoms with Crippen molar-refractivity contribution in [1.29, 1.82) is 0 Å². The molecule has 0 aliphatic carbocycles. The van der Waals surface area contributed by atoms with E-state index in [1.807, 2.05) is 13.8 Å². The van der Waals surface area contributed by atoms with Crippen molar-refractivity contribution in [1.82, 2.24) is 14.1 Å². The van der Waals surface area contributed by atoms with Gasteiger partial charge in [0.1, 0.15) is 23.4 Å². The lowest BCUT2D eigenvalue weighted by molar-refractivity contribution is -1.00. The van der Waals surface area contributed by atoms with Crippen LogP contribution in [0, 0.1) is 17.6 Å². The summed E-state index contributed by atoms with van der Waals surface area (Å²) in [5, 5.41) is 0. The molecule has 1 aromatic carbocycles. The van der Waals surface area contributed by atoms with E-state index in [-0.39, 0.29) is 17.9 Å². The van der Waals surface area contributed by atoms with Crippen molar-refractivity contribution in [2.24, 2.45) is 10.9 Å². The van der Waals surface area contributed by atoms with E-state index < -0.39 is 44.5 Å². The number of carbonyl (C=O) groups is 1. The number of benzene rings is 1. The smallest absolute Gasteiger partial charge is 0.303 e. The van der Waals surface area contributed by atoms with Gasteiger partial charge in [-0.1, -0.05) is 4.65 Å². The van der Waals surface area contributed by atoms with Gasteiger partial charge in [0.2, 0.25) is 16.4 Å². The van der Waals surface area contributed by atoms with Gasteiger partial charge >= 0.3 is 12.1 Å². The van der Waals surface area contributed by atoms with E-state index in [0.29, 0.717) is 101 Å². The van der Waals surface area contributed by atoms with Crippen molar-refractivity contribution in [3.8, 4) is 0 Å². The van der Waals surface area contributed by atoms with Crippen molar-refractivity contribution in [2.75, 3.05) is 52.1 Å². The third-order valence-electron chi connectivity index (χ3n) is 10.0. The van der Waals surface area contributed by atoms with Crippen LogP contribution in [0.5, 0.6) is 0 Å². The Morgan fingerprint density at radius 2 is 1.65 bits per heavy atom. The average molecular weight is 677 g/mol. The summed E-state index contributed by atoms with van der Waals surface area (Å²) in [5.41, 5.74) is 1.78. The van der Waals surface area contributed by atoms with Gasteiger partial charge in [0.25, 0.3) is 0 Å². The van der Waals surface area contributed by atoms with Crippen molar-refractivity contribution in [3.05, 3.63) is 46.8 Å². The number of hydrogen-bond donors (Lipinski definition) is 0. The molecule has 0 amide bonds. The van der Waals surface area contributed by atoms with Gasteiger partial charge in [-0.3, -0.25) is 9.74 Å². The minimum atomic E-state index is -5.15. The molecule has 5 rings (SSSR count). The fourth-order valence-electron chi connectivity index (χ4n) is 7.49. The molecule has 1 unspecified atom stereocenters. The zero-order chi connectivity index (χ0) is 33.4. The van der Waals surface area contributed by atoms with Crippen LogP contribution in [0.15, 0.2) is 34.6 Å². The number of hydrogen-bond acceptors (Lipinski definition) is 7. The zero-order valence-electron chi connectivity index (χ0n) is 26.5. The summed E-state index contributed by atoms with van der Waals surface area (Å²) in [4.78, 5) is 26.3. The number of rotatable bonds is 9. The summed E-state index contributed by atoms with van der Waals surface area (Å²) in [6, 6.07) is 3.30. The summed E-state index contributed by atoms with van der Waals surface area (Å²) in [6.07, 6.45) is 0.417. The second kappa shape index (κ2) is 13.6. The molecule has 0 aromatic heterocycles. The molecule has 4 aliphatic heterocycles. The lowest BCUT2D eigenvalue weighted by atomic mass is 9.78. The molecule has 0 radical (unpaired) electrons. The van der Waals surface area contributed by atoms with Crippen molar-refractivity contribution >= 4 is 22.3 Å². The van der Waals surface area contributed by atoms with Crippen LogP contribution in [0.3, 0.4) is 0 Å². The summed E-state index contributed by atoms with van der Waals surface area (Å²) in [7, 11) is -3.33. The van der Waals surface area contributed by atoms with Gasteiger partial charge in [-0.2, -0.15) is 18.2 Å². The molecule has 15 heteroatoms. The first-order valence-corrected chi connectivity index (χ1v) is 17.8. The van der Waals surface area contributed by atoms with Gasteiger partial charge in [-0.15, -0.1) is 0 Å². The Labute approximate surface area is 267 Å². The maximum absolute atomic E-state index is 14.3. The number of hydroxylamine groups is 3. The predicted octanol–water partition coefficient (Wildman–Crippen LogP) is 4.78. The molecule has 2 saturated heterocycles. The predicted molar refractivity (Wildman–Crippen MR) is 162 cm³/mol. The first kappa shape index (κ1) is 34.9. The molecule has 46 heavy (non-hydrogen) atoms. The van der Waals surface area contributed by atoms with E-state index >= 15 is 0 Å². The molecule has 0 saturated carbocycles. The molecular weight excluding hydrogens is 633 g/mol. The number of quaternary nitrogens is 1. The van der Waals surface area contributed by atoms with Gasteiger partial charge in [0, 0.05) is 70.6 Å². The first-order chi connectivity index (χ1) is 21.6. The Kier molecular flexibility index (Phi) is 10.3. The number of carbonyl (C=O) groups excluding carboxylic acids is 1. The molecule has 0 bridgehead atoms. The van der Waals surface area contributed by atoms with Crippen molar-refractivity contribution < 1.29 is 44.6 Å². The first-order valence-electron chi connectivity index (χ1n) is 15.9. The van der Waals surface area contributed by atoms with E-state index in [9.17, 15) is 35.2 Å².